The number of nitrogens with one attached hydrogen (secondary N) is 2. The van der Waals surface area contributed by atoms with E-state index >= 15 is 0 Å². The van der Waals surface area contributed by atoms with E-state index in [0.717, 1.165) is 12.8 Å². The number of halogens is 3. The Balaban J connectivity index is 1.34. The van der Waals surface area contributed by atoms with E-state index in [4.69, 9.17) is 9.52 Å². The van der Waals surface area contributed by atoms with Gasteiger partial charge in [0.05, 0.1) is 24.0 Å². The fourth-order valence-electron chi connectivity index (χ4n) is 3.75. The Hall–Kier alpha value is -4.16. The van der Waals surface area contributed by atoms with Crippen LogP contribution in [0.5, 0.6) is 0 Å². The Bertz CT molecular complexity index is 1240. The zero-order valence-corrected chi connectivity index (χ0v) is 18.5. The van der Waals surface area contributed by atoms with Crippen molar-refractivity contribution in [2.24, 2.45) is 5.41 Å². The second kappa shape index (κ2) is 9.60. The van der Waals surface area contributed by atoms with Gasteiger partial charge < -0.3 is 25.1 Å². The standard InChI is InChI=1S/C22H21F3N6O4/c1-22(10-18(32)33)4-6-31(7-5-22)17-3-2-12(11-26-17)27-19(34)20-29-30-21(35-20)28-16-9-14(24)13(23)8-15(16)25/h2-3,8-9,11H,4-7,10H2,1H3,(H,27,34)(H,28,30)(H,32,33). The van der Waals surface area contributed by atoms with Crippen molar-refractivity contribution in [2.45, 2.75) is 26.2 Å². The van der Waals surface area contributed by atoms with Crippen LogP contribution in [0.3, 0.4) is 0 Å². The van der Waals surface area contributed by atoms with Gasteiger partial charge in [-0.15, -0.1) is 5.10 Å². The fourth-order valence-corrected chi connectivity index (χ4v) is 3.75. The average Bonchev–Trinajstić information content (AvgIpc) is 3.27. The fraction of sp³-hybridized carbons (Fsp3) is 0.318. The number of benzene rings is 1. The van der Waals surface area contributed by atoms with Gasteiger partial charge in [0.2, 0.25) is 0 Å². The first-order chi connectivity index (χ1) is 16.6. The Labute approximate surface area is 197 Å². The van der Waals surface area contributed by atoms with Crippen LogP contribution in [0.25, 0.3) is 0 Å². The van der Waals surface area contributed by atoms with Gasteiger partial charge >= 0.3 is 23.8 Å². The quantitative estimate of drug-likeness (QED) is 0.421. The molecule has 10 nitrogen and oxygen atoms in total. The van der Waals surface area contributed by atoms with E-state index in [1.165, 1.54) is 6.20 Å². The van der Waals surface area contributed by atoms with Crippen LogP contribution in [0, 0.1) is 22.9 Å². The Kier molecular flexibility index (Phi) is 6.58. The van der Waals surface area contributed by atoms with E-state index in [1.807, 2.05) is 11.8 Å². The Morgan fingerprint density at radius 2 is 1.83 bits per heavy atom. The molecular weight excluding hydrogens is 469 g/mol. The van der Waals surface area contributed by atoms with Gasteiger partial charge in [-0.1, -0.05) is 12.0 Å². The molecule has 2 aromatic heterocycles. The van der Waals surface area contributed by atoms with Crippen molar-refractivity contribution in [3.63, 3.8) is 0 Å². The average molecular weight is 490 g/mol. The number of aliphatic carboxylic acids is 1. The number of rotatable bonds is 7. The smallest absolute Gasteiger partial charge is 0.320 e. The molecule has 3 N–H and O–H groups in total. The van der Waals surface area contributed by atoms with Crippen molar-refractivity contribution < 1.29 is 32.3 Å². The SMILES string of the molecule is CC1(CC(=O)O)CCN(c2ccc(NC(=O)c3nnc(Nc4cc(F)c(F)cc4F)o3)cn2)CC1. The summed E-state index contributed by atoms with van der Waals surface area (Å²) in [4.78, 5) is 29.8. The monoisotopic (exact) mass is 490 g/mol. The number of amides is 1. The van der Waals surface area contributed by atoms with Crippen molar-refractivity contribution in [2.75, 3.05) is 28.6 Å². The first kappa shape index (κ1) is 24.0. The minimum atomic E-state index is -1.35. The number of aromatic nitrogens is 3. The highest BCUT2D eigenvalue weighted by molar-refractivity contribution is 6.00. The second-order valence-electron chi connectivity index (χ2n) is 8.51. The van der Waals surface area contributed by atoms with E-state index in [9.17, 15) is 22.8 Å². The number of pyridine rings is 1. The summed E-state index contributed by atoms with van der Waals surface area (Å²) in [6.07, 6.45) is 3.02. The van der Waals surface area contributed by atoms with Gasteiger partial charge in [-0.25, -0.2) is 18.2 Å². The lowest BCUT2D eigenvalue weighted by Crippen LogP contribution is -2.40. The molecule has 13 heteroatoms. The molecule has 0 unspecified atom stereocenters. The largest absolute Gasteiger partial charge is 0.481 e. The van der Waals surface area contributed by atoms with Crippen molar-refractivity contribution in [3.8, 4) is 0 Å². The van der Waals surface area contributed by atoms with Crippen LogP contribution in [0.15, 0.2) is 34.9 Å². The number of hydrogen-bond donors (Lipinski definition) is 3. The maximum absolute atomic E-state index is 13.8. The minimum Gasteiger partial charge on any atom is -0.481 e. The highest BCUT2D eigenvalue weighted by atomic mass is 19.2. The summed E-state index contributed by atoms with van der Waals surface area (Å²) < 4.78 is 45.2. The van der Waals surface area contributed by atoms with Gasteiger partial charge in [0, 0.05) is 25.2 Å². The third-order valence-corrected chi connectivity index (χ3v) is 5.75. The van der Waals surface area contributed by atoms with Gasteiger partial charge in [-0.2, -0.15) is 0 Å². The molecule has 1 aliphatic rings. The molecule has 35 heavy (non-hydrogen) atoms. The Morgan fingerprint density at radius 1 is 1.11 bits per heavy atom. The van der Waals surface area contributed by atoms with E-state index < -0.39 is 46.9 Å². The lowest BCUT2D eigenvalue weighted by atomic mass is 9.77. The van der Waals surface area contributed by atoms with E-state index in [1.54, 1.807) is 12.1 Å². The molecule has 0 saturated carbocycles. The molecule has 0 radical (unpaired) electrons. The number of anilines is 4. The molecule has 1 aliphatic heterocycles. The number of hydrogen-bond acceptors (Lipinski definition) is 8. The number of carbonyl (C=O) groups is 2. The van der Waals surface area contributed by atoms with Gasteiger partial charge in [-0.3, -0.25) is 9.59 Å². The van der Waals surface area contributed by atoms with Crippen LogP contribution in [-0.4, -0.2) is 45.3 Å². The summed E-state index contributed by atoms with van der Waals surface area (Å²) in [5, 5.41) is 21.0. The van der Waals surface area contributed by atoms with Crippen molar-refractivity contribution in [1.29, 1.82) is 0 Å². The Morgan fingerprint density at radius 3 is 2.49 bits per heavy atom. The highest BCUT2D eigenvalue weighted by Crippen LogP contribution is 2.35. The lowest BCUT2D eigenvalue weighted by molar-refractivity contribution is -0.139. The van der Waals surface area contributed by atoms with Crippen LogP contribution in [0.2, 0.25) is 0 Å². The summed E-state index contributed by atoms with van der Waals surface area (Å²) in [6.45, 7) is 3.30. The molecule has 3 aromatic rings. The molecule has 1 aromatic carbocycles. The zero-order valence-electron chi connectivity index (χ0n) is 18.5. The molecule has 1 saturated heterocycles. The topological polar surface area (TPSA) is 133 Å². The lowest BCUT2D eigenvalue weighted by Gasteiger charge is -2.39. The summed E-state index contributed by atoms with van der Waals surface area (Å²) in [5.41, 5.74) is -0.337. The van der Waals surface area contributed by atoms with Gasteiger partial charge in [0.1, 0.15) is 11.6 Å². The molecular formula is C22H21F3N6O4. The third-order valence-electron chi connectivity index (χ3n) is 5.75. The summed E-state index contributed by atoms with van der Waals surface area (Å²) >= 11 is 0. The molecule has 0 spiro atoms. The van der Waals surface area contributed by atoms with Gasteiger partial charge in [0.15, 0.2) is 11.6 Å². The van der Waals surface area contributed by atoms with Gasteiger partial charge in [-0.05, 0) is 30.4 Å². The van der Waals surface area contributed by atoms with Crippen LogP contribution in [-0.2, 0) is 4.79 Å². The first-order valence-corrected chi connectivity index (χ1v) is 10.6. The summed E-state index contributed by atoms with van der Waals surface area (Å²) in [6, 6.07) is 3.90. The molecule has 1 fully saturated rings. The number of piperidine rings is 1. The number of carboxylic acid groups (broad SMARTS) is 1. The third kappa shape index (κ3) is 5.67. The number of carbonyl (C=O) groups excluding carboxylic acids is 1. The van der Waals surface area contributed by atoms with E-state index in [-0.39, 0.29) is 11.8 Å². The number of carboxylic acids is 1. The normalized spacial score (nSPS) is 15.0. The molecule has 0 bridgehead atoms. The molecule has 0 atom stereocenters. The molecule has 1 amide bonds. The van der Waals surface area contributed by atoms with E-state index in [0.29, 0.717) is 36.7 Å². The van der Waals surface area contributed by atoms with Crippen molar-refractivity contribution in [3.05, 3.63) is 53.8 Å². The van der Waals surface area contributed by atoms with Crippen LogP contribution in [0.4, 0.5) is 36.4 Å². The predicted molar refractivity (Wildman–Crippen MR) is 118 cm³/mol. The maximum atomic E-state index is 13.8. The van der Waals surface area contributed by atoms with Crippen molar-refractivity contribution in [1.82, 2.24) is 15.2 Å². The van der Waals surface area contributed by atoms with E-state index in [2.05, 4.69) is 25.8 Å². The summed E-state index contributed by atoms with van der Waals surface area (Å²) in [5.74, 6) is -5.03. The predicted octanol–water partition coefficient (Wildman–Crippen LogP) is 3.96. The zero-order chi connectivity index (χ0) is 25.2. The molecule has 184 valence electrons. The first-order valence-electron chi connectivity index (χ1n) is 10.6. The van der Waals surface area contributed by atoms with Crippen LogP contribution in [0.1, 0.15) is 36.9 Å². The molecule has 4 rings (SSSR count). The minimum absolute atomic E-state index is 0.127. The van der Waals surface area contributed by atoms with Crippen LogP contribution >= 0.6 is 0 Å². The highest BCUT2D eigenvalue weighted by Gasteiger charge is 2.32. The maximum Gasteiger partial charge on any atom is 0.320 e. The van der Waals surface area contributed by atoms with Crippen LogP contribution < -0.4 is 15.5 Å². The van der Waals surface area contributed by atoms with Gasteiger partial charge in [0.25, 0.3) is 0 Å². The van der Waals surface area contributed by atoms with Crippen molar-refractivity contribution >= 4 is 35.1 Å². The summed E-state index contributed by atoms with van der Waals surface area (Å²) in [7, 11) is 0. The second-order valence-corrected chi connectivity index (χ2v) is 8.51. The number of nitrogens with zero attached hydrogens (tertiary/aromatic N) is 4. The molecule has 0 aliphatic carbocycles. The molecule has 3 heterocycles.